The molecule has 0 amide bonds. The van der Waals surface area contributed by atoms with Gasteiger partial charge in [0, 0.05) is 0 Å². The molecule has 2 aromatic heterocycles. The van der Waals surface area contributed by atoms with E-state index in [4.69, 9.17) is 0 Å². The number of hydrogen-bond acceptors (Lipinski definition) is 1. The average Bonchev–Trinajstić information content (AvgIpc) is 2.85. The number of aromatic nitrogens is 3. The third-order valence-electron chi connectivity index (χ3n) is 3.08. The van der Waals surface area contributed by atoms with Gasteiger partial charge in [0.15, 0.2) is 0 Å². The summed E-state index contributed by atoms with van der Waals surface area (Å²) in [6.07, 6.45) is 0. The molecule has 0 aliphatic rings. The number of rotatable bonds is 0. The Kier molecular flexibility index (Phi) is 1.58. The molecule has 0 unspecified atom stereocenters. The minimum atomic E-state index is 0.881. The first kappa shape index (κ1) is 9.01. The van der Waals surface area contributed by atoms with Gasteiger partial charge in [0.2, 0.25) is 5.78 Å². The van der Waals surface area contributed by atoms with Gasteiger partial charge in [0.05, 0.1) is 32.3 Å². The number of fused-ring (bicyclic) bond motifs is 5. The van der Waals surface area contributed by atoms with Crippen LogP contribution in [0.15, 0.2) is 42.5 Å². The number of nitrogens with zero attached hydrogens (tertiary/aromatic N) is 2. The maximum atomic E-state index is 4.61. The minimum Gasteiger partial charge on any atom is -0.323 e. The first-order chi connectivity index (χ1) is 8.34. The van der Waals surface area contributed by atoms with Crippen LogP contribution in [0.2, 0.25) is 0 Å². The largest absolute Gasteiger partial charge is 0.323 e. The molecule has 3 radical (unpaired) electrons. The van der Waals surface area contributed by atoms with Crippen LogP contribution in [0.4, 0.5) is 0 Å². The maximum absolute atomic E-state index is 4.61. The van der Waals surface area contributed by atoms with Crippen molar-refractivity contribution in [3.63, 3.8) is 0 Å². The number of para-hydroxylation sites is 3. The van der Waals surface area contributed by atoms with Crippen molar-refractivity contribution in [1.82, 2.24) is 14.4 Å². The molecule has 0 spiro atoms. The molecule has 4 heteroatoms. The zero-order valence-electron chi connectivity index (χ0n) is 8.94. The van der Waals surface area contributed by atoms with Crippen molar-refractivity contribution in [2.24, 2.45) is 0 Å². The summed E-state index contributed by atoms with van der Waals surface area (Å²) in [6, 6.07) is 14.3. The van der Waals surface area contributed by atoms with Gasteiger partial charge in [-0.15, -0.1) is 0 Å². The van der Waals surface area contributed by atoms with Crippen LogP contribution in [0, 0.1) is 0 Å². The molecule has 0 saturated carbocycles. The van der Waals surface area contributed by atoms with Crippen molar-refractivity contribution in [3.05, 3.63) is 42.5 Å². The lowest BCUT2D eigenvalue weighted by Crippen LogP contribution is -2.02. The molecule has 4 rings (SSSR count). The van der Waals surface area contributed by atoms with Crippen molar-refractivity contribution < 1.29 is 0 Å². The van der Waals surface area contributed by atoms with Crippen molar-refractivity contribution in [2.75, 3.05) is 0 Å². The number of benzene rings is 2. The summed E-state index contributed by atoms with van der Waals surface area (Å²) in [5.41, 5.74) is 4.37. The summed E-state index contributed by atoms with van der Waals surface area (Å²) in [5.74, 6) is 0.881. The van der Waals surface area contributed by atoms with Gasteiger partial charge < -0.3 is 4.98 Å². The predicted octanol–water partition coefficient (Wildman–Crippen LogP) is 1.76. The Labute approximate surface area is 101 Å². The topological polar surface area (TPSA) is 33.1 Å². The van der Waals surface area contributed by atoms with Crippen LogP contribution in [0.5, 0.6) is 0 Å². The lowest BCUT2D eigenvalue weighted by molar-refractivity contribution is 1.28. The molecule has 0 aliphatic carbocycles. The molecule has 2 aromatic carbocycles. The van der Waals surface area contributed by atoms with Gasteiger partial charge in [0.25, 0.3) is 0 Å². The van der Waals surface area contributed by atoms with Gasteiger partial charge in [-0.05, 0) is 23.4 Å². The predicted molar refractivity (Wildman–Crippen MR) is 69.9 cm³/mol. The fourth-order valence-corrected chi connectivity index (χ4v) is 2.60. The fourth-order valence-electron chi connectivity index (χ4n) is 2.32. The molecule has 79 valence electrons. The minimum absolute atomic E-state index is 0.881. The van der Waals surface area contributed by atoms with Crippen LogP contribution >= 0.6 is 0 Å². The SMILES string of the molecule is [Si]c1cccc2c1nc1[nH]c3ccccc3n12. The third-order valence-corrected chi connectivity index (χ3v) is 3.48. The first-order valence-corrected chi connectivity index (χ1v) is 5.94. The van der Waals surface area contributed by atoms with Crippen LogP contribution in [0.1, 0.15) is 0 Å². The van der Waals surface area contributed by atoms with Crippen molar-refractivity contribution in [3.8, 4) is 0 Å². The summed E-state index contributed by atoms with van der Waals surface area (Å²) in [7, 11) is 3.59. The summed E-state index contributed by atoms with van der Waals surface area (Å²) >= 11 is 0. The van der Waals surface area contributed by atoms with E-state index in [1.165, 1.54) is 0 Å². The molecule has 3 nitrogen and oxygen atoms in total. The van der Waals surface area contributed by atoms with Crippen LogP contribution < -0.4 is 5.19 Å². The first-order valence-electron chi connectivity index (χ1n) is 5.44. The Morgan fingerprint density at radius 3 is 2.76 bits per heavy atom. The molecule has 1 N–H and O–H groups in total. The molecule has 17 heavy (non-hydrogen) atoms. The monoisotopic (exact) mass is 234 g/mol. The highest BCUT2D eigenvalue weighted by molar-refractivity contribution is 6.38. The molecule has 0 aliphatic heterocycles. The Hall–Kier alpha value is -2.07. The fraction of sp³-hybridized carbons (Fsp3) is 0. The Morgan fingerprint density at radius 1 is 1.00 bits per heavy atom. The molecular weight excluding hydrogens is 226 g/mol. The molecule has 4 aromatic rings. The zero-order chi connectivity index (χ0) is 11.4. The smallest absolute Gasteiger partial charge is 0.213 e. The number of hydrogen-bond donors (Lipinski definition) is 1. The van der Waals surface area contributed by atoms with E-state index in [1.54, 1.807) is 0 Å². The van der Waals surface area contributed by atoms with Gasteiger partial charge in [-0.25, -0.2) is 4.98 Å². The van der Waals surface area contributed by atoms with Gasteiger partial charge in [-0.2, -0.15) is 0 Å². The number of aromatic amines is 1. The molecule has 2 heterocycles. The van der Waals surface area contributed by atoms with Crippen molar-refractivity contribution >= 4 is 43.3 Å². The molecule has 0 fully saturated rings. The van der Waals surface area contributed by atoms with E-state index in [-0.39, 0.29) is 0 Å². The number of nitrogens with one attached hydrogen (secondary N) is 1. The van der Waals surface area contributed by atoms with E-state index in [1.807, 2.05) is 24.3 Å². The highest BCUT2D eigenvalue weighted by Crippen LogP contribution is 2.21. The summed E-state index contributed by atoms with van der Waals surface area (Å²) in [4.78, 5) is 7.94. The summed E-state index contributed by atoms with van der Waals surface area (Å²) < 4.78 is 2.15. The van der Waals surface area contributed by atoms with Gasteiger partial charge >= 0.3 is 0 Å². The lowest BCUT2D eigenvalue weighted by atomic mass is 10.3. The second-order valence-corrected chi connectivity index (χ2v) is 4.62. The van der Waals surface area contributed by atoms with E-state index in [0.29, 0.717) is 0 Å². The number of imidazole rings is 2. The Morgan fingerprint density at radius 2 is 1.82 bits per heavy atom. The average molecular weight is 234 g/mol. The van der Waals surface area contributed by atoms with E-state index >= 15 is 0 Å². The molecule has 0 bridgehead atoms. The Balaban J connectivity index is 2.36. The van der Waals surface area contributed by atoms with E-state index in [2.05, 4.69) is 42.8 Å². The highest BCUT2D eigenvalue weighted by atomic mass is 28.1. The van der Waals surface area contributed by atoms with E-state index < -0.39 is 0 Å². The van der Waals surface area contributed by atoms with Crippen molar-refractivity contribution in [1.29, 1.82) is 0 Å². The zero-order valence-corrected chi connectivity index (χ0v) is 9.94. The van der Waals surface area contributed by atoms with Crippen molar-refractivity contribution in [2.45, 2.75) is 0 Å². The quantitative estimate of drug-likeness (QED) is 0.462. The van der Waals surface area contributed by atoms with Gasteiger partial charge in [-0.3, -0.25) is 4.40 Å². The second kappa shape index (κ2) is 2.98. The molecule has 0 saturated heterocycles. The lowest BCUT2D eigenvalue weighted by Gasteiger charge is -1.95. The van der Waals surface area contributed by atoms with Crippen LogP contribution in [0.3, 0.4) is 0 Å². The highest BCUT2D eigenvalue weighted by Gasteiger charge is 2.10. The molecular formula is C13H8N3Si. The summed E-state index contributed by atoms with van der Waals surface area (Å²) in [6.45, 7) is 0. The third kappa shape index (κ3) is 1.08. The number of H-pyrrole nitrogens is 1. The standard InChI is InChI=1S/C13H8N3Si/c17-11-7-3-6-10-12(11)15-13-14-8-4-1-2-5-9(8)16(10)13/h1-7H,(H,14,15). The molecule has 0 atom stereocenters. The van der Waals surface area contributed by atoms with Crippen LogP contribution in [-0.4, -0.2) is 24.6 Å². The van der Waals surface area contributed by atoms with E-state index in [0.717, 1.165) is 33.0 Å². The maximum Gasteiger partial charge on any atom is 0.213 e. The van der Waals surface area contributed by atoms with Gasteiger partial charge in [-0.1, -0.05) is 24.3 Å². The van der Waals surface area contributed by atoms with Crippen LogP contribution in [0.25, 0.3) is 27.8 Å². The van der Waals surface area contributed by atoms with E-state index in [9.17, 15) is 0 Å². The van der Waals surface area contributed by atoms with Gasteiger partial charge in [0.1, 0.15) is 0 Å². The normalized spacial score (nSPS) is 11.8. The summed E-state index contributed by atoms with van der Waals surface area (Å²) in [5, 5.41) is 1.02. The van der Waals surface area contributed by atoms with Crippen LogP contribution in [-0.2, 0) is 0 Å². The second-order valence-electron chi connectivity index (χ2n) is 4.09. The Bertz CT molecular complexity index is 857.